The second-order valence-corrected chi connectivity index (χ2v) is 3.72. The van der Waals surface area contributed by atoms with Crippen LogP contribution in [0.25, 0.3) is 0 Å². The van der Waals surface area contributed by atoms with Gasteiger partial charge < -0.3 is 9.47 Å². The number of hydrogen-bond acceptors (Lipinski definition) is 2. The van der Waals surface area contributed by atoms with Crippen molar-refractivity contribution in [2.75, 3.05) is 20.3 Å². The fourth-order valence-corrected chi connectivity index (χ4v) is 1.42. The van der Waals surface area contributed by atoms with Crippen LogP contribution in [0.1, 0.15) is 24.8 Å². The zero-order chi connectivity index (χ0) is 10.9. The Morgan fingerprint density at radius 1 is 1.07 bits per heavy atom. The van der Waals surface area contributed by atoms with E-state index >= 15 is 0 Å². The third kappa shape index (κ3) is 5.43. The molecular weight excluding hydrogens is 188 g/mol. The highest BCUT2D eigenvalue weighted by Gasteiger charge is 1.94. The van der Waals surface area contributed by atoms with Crippen molar-refractivity contribution in [2.45, 2.75) is 26.2 Å². The zero-order valence-electron chi connectivity index (χ0n) is 9.66. The van der Waals surface area contributed by atoms with E-state index in [0.29, 0.717) is 0 Å². The number of benzene rings is 1. The summed E-state index contributed by atoms with van der Waals surface area (Å²) in [6, 6.07) is 8.17. The standard InChI is InChI=1S/C13H20O2/c1-12-7-6-8-13(11-12)15-10-5-3-4-9-14-2/h6-8,11H,3-5,9-10H2,1-2H3. The van der Waals surface area contributed by atoms with E-state index in [9.17, 15) is 0 Å². The van der Waals surface area contributed by atoms with Crippen LogP contribution in [0.3, 0.4) is 0 Å². The van der Waals surface area contributed by atoms with Crippen LogP contribution in [-0.4, -0.2) is 20.3 Å². The van der Waals surface area contributed by atoms with Crippen molar-refractivity contribution < 1.29 is 9.47 Å². The minimum absolute atomic E-state index is 0.799. The van der Waals surface area contributed by atoms with Crippen LogP contribution in [-0.2, 0) is 4.74 Å². The molecule has 0 saturated heterocycles. The smallest absolute Gasteiger partial charge is 0.119 e. The number of hydrogen-bond donors (Lipinski definition) is 0. The third-order valence-electron chi connectivity index (χ3n) is 2.25. The Hall–Kier alpha value is -1.02. The quantitative estimate of drug-likeness (QED) is 0.641. The summed E-state index contributed by atoms with van der Waals surface area (Å²) in [5.74, 6) is 0.974. The number of ether oxygens (including phenoxy) is 2. The summed E-state index contributed by atoms with van der Waals surface area (Å²) >= 11 is 0. The van der Waals surface area contributed by atoms with E-state index < -0.39 is 0 Å². The molecule has 0 radical (unpaired) electrons. The Bertz CT molecular complexity index is 271. The van der Waals surface area contributed by atoms with Crippen molar-refractivity contribution in [1.29, 1.82) is 0 Å². The maximum Gasteiger partial charge on any atom is 0.119 e. The van der Waals surface area contributed by atoms with Gasteiger partial charge in [-0.05, 0) is 43.9 Å². The summed E-state index contributed by atoms with van der Waals surface area (Å²) in [5, 5.41) is 0. The molecule has 0 aliphatic carbocycles. The second-order valence-electron chi connectivity index (χ2n) is 3.72. The molecule has 0 bridgehead atoms. The fraction of sp³-hybridized carbons (Fsp3) is 0.538. The molecule has 2 heteroatoms. The van der Waals surface area contributed by atoms with Gasteiger partial charge in [0.15, 0.2) is 0 Å². The van der Waals surface area contributed by atoms with Gasteiger partial charge in [0.25, 0.3) is 0 Å². The monoisotopic (exact) mass is 208 g/mol. The van der Waals surface area contributed by atoms with Gasteiger partial charge in [0.1, 0.15) is 5.75 Å². The molecule has 0 amide bonds. The van der Waals surface area contributed by atoms with E-state index in [-0.39, 0.29) is 0 Å². The molecule has 15 heavy (non-hydrogen) atoms. The van der Waals surface area contributed by atoms with Crippen LogP contribution < -0.4 is 4.74 Å². The number of unbranched alkanes of at least 4 members (excludes halogenated alkanes) is 2. The topological polar surface area (TPSA) is 18.5 Å². The number of rotatable bonds is 7. The van der Waals surface area contributed by atoms with Gasteiger partial charge in [-0.2, -0.15) is 0 Å². The molecule has 84 valence electrons. The molecule has 1 aromatic rings. The summed E-state index contributed by atoms with van der Waals surface area (Å²) in [4.78, 5) is 0. The van der Waals surface area contributed by atoms with E-state index in [1.54, 1.807) is 7.11 Å². The van der Waals surface area contributed by atoms with Crippen LogP contribution in [0.5, 0.6) is 5.75 Å². The van der Waals surface area contributed by atoms with Crippen molar-refractivity contribution >= 4 is 0 Å². The van der Waals surface area contributed by atoms with Gasteiger partial charge >= 0.3 is 0 Å². The first-order chi connectivity index (χ1) is 7.33. The number of methoxy groups -OCH3 is 1. The molecule has 0 spiro atoms. The van der Waals surface area contributed by atoms with Crippen molar-refractivity contribution in [1.82, 2.24) is 0 Å². The highest BCUT2D eigenvalue weighted by molar-refractivity contribution is 5.27. The first-order valence-corrected chi connectivity index (χ1v) is 5.51. The molecule has 0 unspecified atom stereocenters. The van der Waals surface area contributed by atoms with Crippen molar-refractivity contribution in [3.05, 3.63) is 29.8 Å². The van der Waals surface area contributed by atoms with Gasteiger partial charge in [-0.3, -0.25) is 0 Å². The summed E-state index contributed by atoms with van der Waals surface area (Å²) in [6.45, 7) is 3.73. The normalized spacial score (nSPS) is 10.3. The van der Waals surface area contributed by atoms with E-state index in [4.69, 9.17) is 9.47 Å². The van der Waals surface area contributed by atoms with Crippen LogP contribution in [0.15, 0.2) is 24.3 Å². The minimum Gasteiger partial charge on any atom is -0.494 e. The molecule has 0 heterocycles. The molecule has 0 N–H and O–H groups in total. The number of aryl methyl sites for hydroxylation is 1. The summed E-state index contributed by atoms with van der Waals surface area (Å²) < 4.78 is 10.6. The van der Waals surface area contributed by atoms with E-state index in [1.807, 2.05) is 12.1 Å². The molecule has 0 saturated carbocycles. The average Bonchev–Trinajstić information content (AvgIpc) is 2.23. The Morgan fingerprint density at radius 3 is 2.60 bits per heavy atom. The van der Waals surface area contributed by atoms with E-state index in [1.165, 1.54) is 12.0 Å². The largest absolute Gasteiger partial charge is 0.494 e. The Labute approximate surface area is 92.2 Å². The average molecular weight is 208 g/mol. The molecule has 1 aromatic carbocycles. The van der Waals surface area contributed by atoms with Crippen LogP contribution in [0.2, 0.25) is 0 Å². The fourth-order valence-electron chi connectivity index (χ4n) is 1.42. The lowest BCUT2D eigenvalue weighted by molar-refractivity contribution is 0.189. The molecule has 1 rings (SSSR count). The molecule has 0 aromatic heterocycles. The van der Waals surface area contributed by atoms with Crippen LogP contribution in [0, 0.1) is 6.92 Å². The lowest BCUT2D eigenvalue weighted by Crippen LogP contribution is -1.98. The summed E-state index contributed by atoms with van der Waals surface area (Å²) in [5.41, 5.74) is 1.24. The lowest BCUT2D eigenvalue weighted by atomic mass is 10.2. The van der Waals surface area contributed by atoms with Gasteiger partial charge in [-0.1, -0.05) is 12.1 Å². The lowest BCUT2D eigenvalue weighted by Gasteiger charge is -2.06. The first kappa shape index (κ1) is 12.1. The Morgan fingerprint density at radius 2 is 1.87 bits per heavy atom. The van der Waals surface area contributed by atoms with Crippen molar-refractivity contribution in [3.8, 4) is 5.75 Å². The highest BCUT2D eigenvalue weighted by Crippen LogP contribution is 2.12. The van der Waals surface area contributed by atoms with E-state index in [2.05, 4.69) is 19.1 Å². The molecule has 0 aliphatic rings. The van der Waals surface area contributed by atoms with E-state index in [0.717, 1.165) is 31.8 Å². The van der Waals surface area contributed by atoms with Gasteiger partial charge in [0, 0.05) is 13.7 Å². The molecule has 0 fully saturated rings. The predicted molar refractivity (Wildman–Crippen MR) is 62.4 cm³/mol. The second kappa shape index (κ2) is 7.30. The van der Waals surface area contributed by atoms with Gasteiger partial charge in [0.05, 0.1) is 6.61 Å². The van der Waals surface area contributed by atoms with Gasteiger partial charge in [0.2, 0.25) is 0 Å². The predicted octanol–water partition coefficient (Wildman–Crippen LogP) is 3.19. The molecule has 0 aliphatic heterocycles. The van der Waals surface area contributed by atoms with Gasteiger partial charge in [-0.15, -0.1) is 0 Å². The SMILES string of the molecule is COCCCCCOc1cccc(C)c1. The van der Waals surface area contributed by atoms with Crippen molar-refractivity contribution in [3.63, 3.8) is 0 Å². The van der Waals surface area contributed by atoms with Crippen LogP contribution >= 0.6 is 0 Å². The molecular formula is C13H20O2. The maximum atomic E-state index is 5.63. The zero-order valence-corrected chi connectivity index (χ0v) is 9.66. The van der Waals surface area contributed by atoms with Gasteiger partial charge in [-0.25, -0.2) is 0 Å². The maximum absolute atomic E-state index is 5.63. The summed E-state index contributed by atoms with van der Waals surface area (Å²) in [7, 11) is 1.74. The Balaban J connectivity index is 2.10. The molecule has 0 atom stereocenters. The third-order valence-corrected chi connectivity index (χ3v) is 2.25. The first-order valence-electron chi connectivity index (χ1n) is 5.51. The molecule has 2 nitrogen and oxygen atoms in total. The minimum atomic E-state index is 0.799. The van der Waals surface area contributed by atoms with Crippen molar-refractivity contribution in [2.24, 2.45) is 0 Å². The Kier molecular flexibility index (Phi) is 5.86. The highest BCUT2D eigenvalue weighted by atomic mass is 16.5. The van der Waals surface area contributed by atoms with Crippen LogP contribution in [0.4, 0.5) is 0 Å². The summed E-state index contributed by atoms with van der Waals surface area (Å²) in [6.07, 6.45) is 3.38.